The van der Waals surface area contributed by atoms with Gasteiger partial charge in [0.15, 0.2) is 5.13 Å². The molecule has 0 atom stereocenters. The van der Waals surface area contributed by atoms with Crippen LogP contribution in [0, 0.1) is 5.82 Å². The fraction of sp³-hybridized carbons (Fsp3) is 0.0556. The van der Waals surface area contributed by atoms with E-state index < -0.39 is 0 Å². The van der Waals surface area contributed by atoms with Crippen LogP contribution >= 0.6 is 11.3 Å². The van der Waals surface area contributed by atoms with Crippen LogP contribution in [-0.2, 0) is 6.42 Å². The minimum Gasteiger partial charge on any atom is -0.298 e. The van der Waals surface area contributed by atoms with Gasteiger partial charge >= 0.3 is 0 Å². The average molecular weight is 380 g/mol. The van der Waals surface area contributed by atoms with Gasteiger partial charge in [-0.15, -0.1) is 16.4 Å². The molecule has 27 heavy (non-hydrogen) atoms. The molecular formula is C18H13FN6OS. The van der Waals surface area contributed by atoms with Crippen LogP contribution in [-0.4, -0.2) is 31.1 Å². The molecule has 0 aliphatic heterocycles. The predicted molar refractivity (Wildman–Crippen MR) is 98.4 cm³/mol. The van der Waals surface area contributed by atoms with Gasteiger partial charge in [-0.05, 0) is 40.3 Å². The van der Waals surface area contributed by atoms with Crippen LogP contribution in [0.1, 0.15) is 20.8 Å². The van der Waals surface area contributed by atoms with Crippen molar-refractivity contribution in [1.82, 2.24) is 25.2 Å². The Morgan fingerprint density at radius 1 is 1.15 bits per heavy atom. The number of amides is 1. The Bertz CT molecular complexity index is 1060. The van der Waals surface area contributed by atoms with Gasteiger partial charge in [-0.2, -0.15) is 4.68 Å². The lowest BCUT2D eigenvalue weighted by Gasteiger charge is -2.07. The molecule has 0 radical (unpaired) electrons. The predicted octanol–water partition coefficient (Wildman–Crippen LogP) is 3.10. The monoisotopic (exact) mass is 380 g/mol. The molecule has 9 heteroatoms. The first-order valence-electron chi connectivity index (χ1n) is 8.02. The van der Waals surface area contributed by atoms with Crippen molar-refractivity contribution >= 4 is 22.4 Å². The van der Waals surface area contributed by atoms with Crippen molar-refractivity contribution in [2.75, 3.05) is 5.32 Å². The number of hydrogen-bond donors (Lipinski definition) is 1. The van der Waals surface area contributed by atoms with Gasteiger partial charge in [-0.1, -0.05) is 24.3 Å². The van der Waals surface area contributed by atoms with E-state index in [-0.39, 0.29) is 11.7 Å². The lowest BCUT2D eigenvalue weighted by atomic mass is 10.1. The summed E-state index contributed by atoms with van der Waals surface area (Å²) in [5.41, 5.74) is 1.98. The van der Waals surface area contributed by atoms with Gasteiger partial charge in [0, 0.05) is 17.5 Å². The van der Waals surface area contributed by atoms with Gasteiger partial charge in [0.1, 0.15) is 12.1 Å². The van der Waals surface area contributed by atoms with Crippen LogP contribution in [0.25, 0.3) is 5.69 Å². The molecule has 0 unspecified atom stereocenters. The van der Waals surface area contributed by atoms with Crippen molar-refractivity contribution < 1.29 is 9.18 Å². The summed E-state index contributed by atoms with van der Waals surface area (Å²) in [6.45, 7) is 0. The fourth-order valence-corrected chi connectivity index (χ4v) is 3.39. The standard InChI is InChI=1S/C18H13FN6OS/c19-13-7-5-12(6-8-13)9-14-10-20-18(27-14)22-17(26)15-3-1-2-4-16(15)25-11-21-23-24-25/h1-8,10-11H,9H2,(H,20,22,26). The quantitative estimate of drug-likeness (QED) is 0.575. The number of anilines is 1. The molecule has 0 bridgehead atoms. The molecule has 2 aromatic carbocycles. The number of halogens is 1. The molecule has 0 aliphatic carbocycles. The molecule has 134 valence electrons. The third kappa shape index (κ3) is 3.87. The second-order valence-corrected chi connectivity index (χ2v) is 6.78. The highest BCUT2D eigenvalue weighted by Gasteiger charge is 2.15. The summed E-state index contributed by atoms with van der Waals surface area (Å²) >= 11 is 1.37. The lowest BCUT2D eigenvalue weighted by Crippen LogP contribution is -2.15. The summed E-state index contributed by atoms with van der Waals surface area (Å²) in [4.78, 5) is 17.9. The summed E-state index contributed by atoms with van der Waals surface area (Å²) in [6.07, 6.45) is 3.75. The Balaban J connectivity index is 1.50. The number of hydrogen-bond acceptors (Lipinski definition) is 6. The minimum atomic E-state index is -0.302. The van der Waals surface area contributed by atoms with Crippen LogP contribution in [0.3, 0.4) is 0 Å². The number of nitrogens with one attached hydrogen (secondary N) is 1. The number of para-hydroxylation sites is 1. The minimum absolute atomic E-state index is 0.266. The van der Waals surface area contributed by atoms with E-state index in [1.165, 1.54) is 34.5 Å². The molecule has 4 rings (SSSR count). The molecule has 1 amide bonds. The third-order valence-electron chi connectivity index (χ3n) is 3.81. The third-order valence-corrected chi connectivity index (χ3v) is 4.72. The summed E-state index contributed by atoms with van der Waals surface area (Å²) < 4.78 is 14.4. The van der Waals surface area contributed by atoms with Crippen LogP contribution in [0.4, 0.5) is 9.52 Å². The number of benzene rings is 2. The fourth-order valence-electron chi connectivity index (χ4n) is 2.55. The van der Waals surface area contributed by atoms with Crippen molar-refractivity contribution in [3.05, 3.63) is 82.9 Å². The van der Waals surface area contributed by atoms with E-state index in [0.717, 1.165) is 10.4 Å². The van der Waals surface area contributed by atoms with Crippen LogP contribution < -0.4 is 5.32 Å². The molecule has 0 aliphatic rings. The van der Waals surface area contributed by atoms with Crippen molar-refractivity contribution in [2.24, 2.45) is 0 Å². The average Bonchev–Trinajstić information content (AvgIpc) is 3.36. The summed E-state index contributed by atoms with van der Waals surface area (Å²) in [5, 5.41) is 14.3. The van der Waals surface area contributed by atoms with E-state index in [4.69, 9.17) is 0 Å². The Morgan fingerprint density at radius 3 is 2.74 bits per heavy atom. The molecule has 0 fully saturated rings. The second-order valence-electron chi connectivity index (χ2n) is 5.66. The smallest absolute Gasteiger partial charge is 0.259 e. The lowest BCUT2D eigenvalue weighted by molar-refractivity contribution is 0.102. The number of tetrazole rings is 1. The summed E-state index contributed by atoms with van der Waals surface area (Å²) in [5.74, 6) is -0.568. The van der Waals surface area contributed by atoms with Crippen LogP contribution in [0.5, 0.6) is 0 Å². The summed E-state index contributed by atoms with van der Waals surface area (Å²) in [7, 11) is 0. The Hall–Kier alpha value is -3.46. The van der Waals surface area contributed by atoms with Gasteiger partial charge < -0.3 is 0 Å². The number of rotatable bonds is 5. The first kappa shape index (κ1) is 17.0. The van der Waals surface area contributed by atoms with Crippen LogP contribution in [0.2, 0.25) is 0 Å². The highest BCUT2D eigenvalue weighted by molar-refractivity contribution is 7.15. The van der Waals surface area contributed by atoms with Crippen molar-refractivity contribution in [1.29, 1.82) is 0 Å². The van der Waals surface area contributed by atoms with Gasteiger partial charge in [0.25, 0.3) is 5.91 Å². The zero-order valence-corrected chi connectivity index (χ0v) is 14.7. The maximum Gasteiger partial charge on any atom is 0.259 e. The maximum atomic E-state index is 13.0. The molecule has 7 nitrogen and oxygen atoms in total. The zero-order chi connectivity index (χ0) is 18.6. The highest BCUT2D eigenvalue weighted by atomic mass is 32.1. The van der Waals surface area contributed by atoms with E-state index in [1.807, 2.05) is 0 Å². The van der Waals surface area contributed by atoms with E-state index in [2.05, 4.69) is 25.8 Å². The van der Waals surface area contributed by atoms with E-state index in [0.29, 0.717) is 22.8 Å². The Kier molecular flexibility index (Phi) is 4.67. The topological polar surface area (TPSA) is 85.6 Å². The molecule has 2 heterocycles. The van der Waals surface area contributed by atoms with Gasteiger partial charge in [0.2, 0.25) is 0 Å². The van der Waals surface area contributed by atoms with Gasteiger partial charge in [-0.3, -0.25) is 10.1 Å². The largest absolute Gasteiger partial charge is 0.298 e. The molecule has 0 spiro atoms. The summed E-state index contributed by atoms with van der Waals surface area (Å²) in [6, 6.07) is 13.3. The molecule has 0 saturated carbocycles. The number of carbonyl (C=O) groups excluding carboxylic acids is 1. The van der Waals surface area contributed by atoms with Crippen molar-refractivity contribution in [3.8, 4) is 5.69 Å². The number of carbonyl (C=O) groups is 1. The molecule has 0 saturated heterocycles. The molecule has 4 aromatic rings. The number of thiazole rings is 1. The molecular weight excluding hydrogens is 367 g/mol. The maximum absolute atomic E-state index is 13.0. The van der Waals surface area contributed by atoms with E-state index in [9.17, 15) is 9.18 Å². The molecule has 2 aromatic heterocycles. The Labute approximate surface area is 157 Å². The van der Waals surface area contributed by atoms with Crippen molar-refractivity contribution in [3.63, 3.8) is 0 Å². The van der Waals surface area contributed by atoms with Crippen LogP contribution in [0.15, 0.2) is 61.1 Å². The second kappa shape index (κ2) is 7.42. The van der Waals surface area contributed by atoms with E-state index >= 15 is 0 Å². The SMILES string of the molecule is O=C(Nc1ncc(Cc2ccc(F)cc2)s1)c1ccccc1-n1cnnn1. The van der Waals surface area contributed by atoms with Crippen molar-refractivity contribution in [2.45, 2.75) is 6.42 Å². The first-order chi connectivity index (χ1) is 13.2. The normalized spacial score (nSPS) is 10.7. The number of aromatic nitrogens is 5. The Morgan fingerprint density at radius 2 is 1.96 bits per heavy atom. The van der Waals surface area contributed by atoms with Gasteiger partial charge in [0.05, 0.1) is 11.3 Å². The zero-order valence-electron chi connectivity index (χ0n) is 13.9. The molecule has 1 N–H and O–H groups in total. The highest BCUT2D eigenvalue weighted by Crippen LogP contribution is 2.23. The number of nitrogens with zero attached hydrogens (tertiary/aromatic N) is 5. The van der Waals surface area contributed by atoms with Gasteiger partial charge in [-0.25, -0.2) is 9.37 Å². The first-order valence-corrected chi connectivity index (χ1v) is 8.83. The van der Waals surface area contributed by atoms with E-state index in [1.54, 1.807) is 42.6 Å².